The molecule has 0 saturated heterocycles. The highest BCUT2D eigenvalue weighted by Crippen LogP contribution is 2.29. The molecule has 1 unspecified atom stereocenters. The number of benzene rings is 2. The fourth-order valence-corrected chi connectivity index (χ4v) is 2.02. The van der Waals surface area contributed by atoms with Gasteiger partial charge < -0.3 is 4.74 Å². The van der Waals surface area contributed by atoms with Gasteiger partial charge in [-0.1, -0.05) is 62.4 Å². The lowest BCUT2D eigenvalue weighted by Gasteiger charge is -2.31. The third kappa shape index (κ3) is 3.02. The largest absolute Gasteiger partial charge is 0.482 e. The second kappa shape index (κ2) is 5.70. The van der Waals surface area contributed by atoms with Crippen LogP contribution in [0.4, 0.5) is 0 Å². The van der Waals surface area contributed by atoms with Crippen molar-refractivity contribution < 1.29 is 9.53 Å². The highest BCUT2D eigenvalue weighted by Gasteiger charge is 2.32. The van der Waals surface area contributed by atoms with Gasteiger partial charge in [-0.05, 0) is 17.7 Å². The van der Waals surface area contributed by atoms with Crippen LogP contribution in [0.3, 0.4) is 0 Å². The van der Waals surface area contributed by atoms with Gasteiger partial charge in [-0.3, -0.25) is 4.79 Å². The lowest BCUT2D eigenvalue weighted by Crippen LogP contribution is -2.39. The summed E-state index contributed by atoms with van der Waals surface area (Å²) in [4.78, 5) is 11.4. The fourth-order valence-electron chi connectivity index (χ4n) is 2.02. The van der Waals surface area contributed by atoms with E-state index in [1.807, 2.05) is 74.5 Å². The van der Waals surface area contributed by atoms with Gasteiger partial charge in [0.05, 0.1) is 0 Å². The molecule has 0 aromatic heterocycles. The minimum atomic E-state index is -0.516. The summed E-state index contributed by atoms with van der Waals surface area (Å²) in [7, 11) is 0. The van der Waals surface area contributed by atoms with Gasteiger partial charge in [0.1, 0.15) is 5.75 Å². The highest BCUT2D eigenvalue weighted by atomic mass is 16.5. The van der Waals surface area contributed by atoms with Crippen LogP contribution in [0.15, 0.2) is 60.7 Å². The van der Waals surface area contributed by atoms with Crippen LogP contribution in [-0.2, 0) is 10.2 Å². The number of hydrogen-bond donors (Lipinski definition) is 0. The zero-order valence-corrected chi connectivity index (χ0v) is 11.2. The normalized spacial score (nSPS) is 12.7. The molecule has 2 aromatic rings. The number of aldehydes is 1. The molecule has 19 heavy (non-hydrogen) atoms. The molecule has 2 aromatic carbocycles. The van der Waals surface area contributed by atoms with Crippen molar-refractivity contribution in [2.75, 3.05) is 0 Å². The number of carbonyl (C=O) groups excluding carboxylic acids is 1. The van der Waals surface area contributed by atoms with Crippen LogP contribution in [0.5, 0.6) is 5.75 Å². The van der Waals surface area contributed by atoms with Gasteiger partial charge in [0.15, 0.2) is 12.4 Å². The summed E-state index contributed by atoms with van der Waals surface area (Å²) in [5, 5.41) is 0. The van der Waals surface area contributed by atoms with E-state index in [4.69, 9.17) is 4.74 Å². The summed E-state index contributed by atoms with van der Waals surface area (Å²) in [6.45, 7) is 4.04. The molecule has 0 aliphatic carbocycles. The van der Waals surface area contributed by atoms with Gasteiger partial charge in [0, 0.05) is 5.41 Å². The number of ether oxygens (including phenoxy) is 1. The molecule has 2 nitrogen and oxygen atoms in total. The molecule has 1 atom stereocenters. The summed E-state index contributed by atoms with van der Waals surface area (Å²) in [5.74, 6) is 0.712. The molecular formula is C17H18O2. The third-order valence-electron chi connectivity index (χ3n) is 3.36. The molecule has 2 heteroatoms. The van der Waals surface area contributed by atoms with E-state index in [0.717, 1.165) is 11.8 Å². The van der Waals surface area contributed by atoms with Gasteiger partial charge in [-0.25, -0.2) is 0 Å². The van der Waals surface area contributed by atoms with Crippen molar-refractivity contribution in [1.82, 2.24) is 0 Å². The average Bonchev–Trinajstić information content (AvgIpc) is 2.46. The molecule has 0 aliphatic heterocycles. The van der Waals surface area contributed by atoms with Crippen molar-refractivity contribution in [3.63, 3.8) is 0 Å². The Labute approximate surface area is 114 Å². The number of carbonyl (C=O) groups is 1. The maximum atomic E-state index is 11.4. The average molecular weight is 254 g/mol. The SMILES string of the molecule is CC(C)(c1ccccc1)C(C=O)Oc1ccccc1. The number of para-hydroxylation sites is 1. The van der Waals surface area contributed by atoms with Crippen molar-refractivity contribution >= 4 is 6.29 Å². The standard InChI is InChI=1S/C17H18O2/c1-17(2,14-9-5-3-6-10-14)16(13-18)19-15-11-7-4-8-12-15/h3-13,16H,1-2H3. The number of hydrogen-bond acceptors (Lipinski definition) is 2. The predicted octanol–water partition coefficient (Wildman–Crippen LogP) is 3.61. The lowest BCUT2D eigenvalue weighted by molar-refractivity contribution is -0.116. The first kappa shape index (κ1) is 13.3. The topological polar surface area (TPSA) is 26.3 Å². The van der Waals surface area contributed by atoms with Crippen LogP contribution < -0.4 is 4.74 Å². The summed E-state index contributed by atoms with van der Waals surface area (Å²) in [6, 6.07) is 19.4. The van der Waals surface area contributed by atoms with Crippen molar-refractivity contribution in [3.05, 3.63) is 66.2 Å². The maximum Gasteiger partial charge on any atom is 0.163 e. The van der Waals surface area contributed by atoms with Crippen LogP contribution in [0.25, 0.3) is 0 Å². The molecular weight excluding hydrogens is 236 g/mol. The fraction of sp³-hybridized carbons (Fsp3) is 0.235. The molecule has 0 fully saturated rings. The van der Waals surface area contributed by atoms with Gasteiger partial charge in [-0.2, -0.15) is 0 Å². The zero-order valence-electron chi connectivity index (χ0n) is 11.2. The van der Waals surface area contributed by atoms with Crippen LogP contribution in [0, 0.1) is 0 Å². The summed E-state index contributed by atoms with van der Waals surface area (Å²) < 4.78 is 5.81. The molecule has 98 valence electrons. The summed E-state index contributed by atoms with van der Waals surface area (Å²) in [5.41, 5.74) is 0.710. The summed E-state index contributed by atoms with van der Waals surface area (Å²) in [6.07, 6.45) is 0.359. The molecule has 0 bridgehead atoms. The Morgan fingerprint density at radius 3 is 2.00 bits per heavy atom. The van der Waals surface area contributed by atoms with Crippen molar-refractivity contribution in [1.29, 1.82) is 0 Å². The van der Waals surface area contributed by atoms with E-state index in [1.54, 1.807) is 0 Å². The molecule has 0 aliphatic rings. The van der Waals surface area contributed by atoms with Crippen LogP contribution >= 0.6 is 0 Å². The van der Waals surface area contributed by atoms with E-state index in [9.17, 15) is 4.79 Å². The van der Waals surface area contributed by atoms with Gasteiger partial charge in [0.2, 0.25) is 0 Å². The highest BCUT2D eigenvalue weighted by molar-refractivity contribution is 5.61. The maximum absolute atomic E-state index is 11.4. The second-order valence-electron chi connectivity index (χ2n) is 5.08. The number of rotatable bonds is 5. The molecule has 0 radical (unpaired) electrons. The molecule has 0 amide bonds. The second-order valence-corrected chi connectivity index (χ2v) is 5.08. The van der Waals surface area contributed by atoms with Gasteiger partial charge in [-0.15, -0.1) is 0 Å². The predicted molar refractivity (Wildman–Crippen MR) is 76.4 cm³/mol. The first-order chi connectivity index (χ1) is 9.14. The Kier molecular flexibility index (Phi) is 4.00. The van der Waals surface area contributed by atoms with E-state index in [1.165, 1.54) is 0 Å². The van der Waals surface area contributed by atoms with Crippen LogP contribution in [0.1, 0.15) is 19.4 Å². The van der Waals surface area contributed by atoms with Crippen molar-refractivity contribution in [2.24, 2.45) is 0 Å². The van der Waals surface area contributed by atoms with Gasteiger partial charge >= 0.3 is 0 Å². The Bertz CT molecular complexity index is 517. The lowest BCUT2D eigenvalue weighted by atomic mass is 9.80. The van der Waals surface area contributed by atoms with Gasteiger partial charge in [0.25, 0.3) is 0 Å². The quantitative estimate of drug-likeness (QED) is 0.762. The van der Waals surface area contributed by atoms with Crippen LogP contribution in [0.2, 0.25) is 0 Å². The van der Waals surface area contributed by atoms with E-state index in [0.29, 0.717) is 5.75 Å². The first-order valence-electron chi connectivity index (χ1n) is 6.37. The molecule has 0 N–H and O–H groups in total. The minimum absolute atomic E-state index is 0.376. The van der Waals surface area contributed by atoms with Crippen LogP contribution in [-0.4, -0.2) is 12.4 Å². The first-order valence-corrected chi connectivity index (χ1v) is 6.37. The Hall–Kier alpha value is -2.09. The molecule has 0 saturated carbocycles. The smallest absolute Gasteiger partial charge is 0.163 e. The molecule has 0 heterocycles. The minimum Gasteiger partial charge on any atom is -0.482 e. The van der Waals surface area contributed by atoms with Crippen molar-refractivity contribution in [3.8, 4) is 5.75 Å². The Balaban J connectivity index is 2.24. The van der Waals surface area contributed by atoms with E-state index < -0.39 is 6.10 Å². The summed E-state index contributed by atoms with van der Waals surface area (Å²) >= 11 is 0. The van der Waals surface area contributed by atoms with E-state index in [2.05, 4.69) is 0 Å². The van der Waals surface area contributed by atoms with E-state index >= 15 is 0 Å². The van der Waals surface area contributed by atoms with E-state index in [-0.39, 0.29) is 5.41 Å². The Morgan fingerprint density at radius 2 is 1.47 bits per heavy atom. The zero-order chi connectivity index (χ0) is 13.7. The molecule has 2 rings (SSSR count). The molecule has 0 spiro atoms. The Morgan fingerprint density at radius 1 is 0.947 bits per heavy atom. The third-order valence-corrected chi connectivity index (χ3v) is 3.36. The monoisotopic (exact) mass is 254 g/mol. The van der Waals surface area contributed by atoms with Crippen molar-refractivity contribution in [2.45, 2.75) is 25.4 Å².